The van der Waals surface area contributed by atoms with Crippen LogP contribution in [0.25, 0.3) is 0 Å². The third-order valence-electron chi connectivity index (χ3n) is 7.02. The summed E-state index contributed by atoms with van der Waals surface area (Å²) in [6, 6.07) is 3.99. The van der Waals surface area contributed by atoms with Gasteiger partial charge in [-0.15, -0.1) is 0 Å². The zero-order chi connectivity index (χ0) is 21.3. The number of hydrogen-bond acceptors (Lipinski definition) is 6. The van der Waals surface area contributed by atoms with Crippen molar-refractivity contribution in [3.8, 4) is 0 Å². The van der Waals surface area contributed by atoms with Crippen LogP contribution in [0.4, 0.5) is 4.39 Å². The Morgan fingerprint density at radius 2 is 1.93 bits per heavy atom. The summed E-state index contributed by atoms with van der Waals surface area (Å²) in [7, 11) is 0. The number of piperidine rings is 1. The first kappa shape index (κ1) is 19.3. The highest BCUT2D eigenvalue weighted by atomic mass is 19.1. The first-order valence-corrected chi connectivity index (χ1v) is 10.3. The molecule has 1 saturated carbocycles. The summed E-state index contributed by atoms with van der Waals surface area (Å²) in [5, 5.41) is 2.19. The van der Waals surface area contributed by atoms with Gasteiger partial charge in [0.05, 0.1) is 16.7 Å². The fourth-order valence-electron chi connectivity index (χ4n) is 5.49. The van der Waals surface area contributed by atoms with E-state index in [1.54, 1.807) is 18.2 Å². The van der Waals surface area contributed by atoms with Crippen LogP contribution in [0.3, 0.4) is 0 Å². The van der Waals surface area contributed by atoms with Crippen LogP contribution in [-0.4, -0.2) is 63.8 Å². The van der Waals surface area contributed by atoms with Gasteiger partial charge in [0.1, 0.15) is 11.7 Å². The first-order chi connectivity index (χ1) is 14.2. The van der Waals surface area contributed by atoms with Gasteiger partial charge >= 0.3 is 0 Å². The van der Waals surface area contributed by atoms with Crippen molar-refractivity contribution in [1.82, 2.24) is 15.1 Å². The molecule has 0 aromatic heterocycles. The molecule has 3 N–H and O–H groups in total. The average molecular weight is 414 g/mol. The predicted octanol–water partition coefficient (Wildman–Crippen LogP) is 0.493. The molecule has 30 heavy (non-hydrogen) atoms. The summed E-state index contributed by atoms with van der Waals surface area (Å²) in [5.41, 5.74) is 5.14. The summed E-state index contributed by atoms with van der Waals surface area (Å²) < 4.78 is 15.3. The Morgan fingerprint density at radius 3 is 2.67 bits per heavy atom. The van der Waals surface area contributed by atoms with Crippen LogP contribution in [0, 0.1) is 0 Å². The summed E-state index contributed by atoms with van der Waals surface area (Å²) in [4.78, 5) is 52.6. The minimum Gasteiger partial charge on any atom is -0.321 e. The van der Waals surface area contributed by atoms with E-state index in [1.165, 1.54) is 0 Å². The molecule has 1 aromatic rings. The number of rotatable bonds is 3. The molecule has 1 aromatic carbocycles. The molecule has 158 valence electrons. The van der Waals surface area contributed by atoms with Crippen molar-refractivity contribution in [2.75, 3.05) is 13.1 Å². The van der Waals surface area contributed by atoms with E-state index in [0.29, 0.717) is 31.5 Å². The fourth-order valence-corrected chi connectivity index (χ4v) is 5.49. The second-order valence-electron chi connectivity index (χ2n) is 8.91. The Morgan fingerprint density at radius 1 is 1.13 bits per heavy atom. The number of hydrogen-bond donors (Lipinski definition) is 2. The first-order valence-electron chi connectivity index (χ1n) is 10.3. The number of carbonyl (C=O) groups is 4. The number of carbonyl (C=O) groups excluding carboxylic acids is 4. The molecule has 3 atom stereocenters. The Labute approximate surface area is 172 Å². The smallest absolute Gasteiger partial charge is 0.262 e. The van der Waals surface area contributed by atoms with Crippen molar-refractivity contribution < 1.29 is 23.6 Å². The predicted molar refractivity (Wildman–Crippen MR) is 103 cm³/mol. The number of likely N-dealkylation sites (tertiary alicyclic amines) is 1. The molecule has 0 radical (unpaired) electrons. The van der Waals surface area contributed by atoms with Crippen molar-refractivity contribution in [2.24, 2.45) is 5.73 Å². The lowest BCUT2D eigenvalue weighted by Gasteiger charge is -2.28. The molecule has 3 aliphatic heterocycles. The minimum absolute atomic E-state index is 0.0710. The summed E-state index contributed by atoms with van der Waals surface area (Å²) >= 11 is 0. The van der Waals surface area contributed by atoms with E-state index in [0.717, 1.165) is 11.3 Å². The van der Waals surface area contributed by atoms with Crippen LogP contribution in [0.5, 0.6) is 0 Å². The zero-order valence-corrected chi connectivity index (χ0v) is 16.4. The van der Waals surface area contributed by atoms with Crippen LogP contribution in [0.1, 0.15) is 58.4 Å². The maximum absolute atomic E-state index is 15.3. The van der Waals surface area contributed by atoms with E-state index in [9.17, 15) is 19.2 Å². The molecule has 2 saturated heterocycles. The van der Waals surface area contributed by atoms with E-state index >= 15 is 4.39 Å². The standard InChI is InChI=1S/C21H23FN4O4/c22-20-7-2-8-21(20,23)11-25(10-20)9-12-3-1-4-13-16(12)19(30)26(18(13)29)14-5-6-15(27)24-17(14)28/h1,3-4,14H,2,5-11,23H2,(H,24,27,28)/t14?,20-,21+/m1/s1. The van der Waals surface area contributed by atoms with Crippen LogP contribution < -0.4 is 11.1 Å². The lowest BCUT2D eigenvalue weighted by molar-refractivity contribution is -0.136. The molecule has 1 unspecified atom stereocenters. The number of nitrogens with zero attached hydrogens (tertiary/aromatic N) is 2. The fraction of sp³-hybridized carbons (Fsp3) is 0.524. The maximum atomic E-state index is 15.3. The Kier molecular flexibility index (Phi) is 4.14. The molecular weight excluding hydrogens is 391 g/mol. The number of halogens is 1. The second-order valence-corrected chi connectivity index (χ2v) is 8.91. The van der Waals surface area contributed by atoms with E-state index in [2.05, 4.69) is 5.32 Å². The van der Waals surface area contributed by atoms with Gasteiger partial charge in [-0.05, 0) is 37.3 Å². The Bertz CT molecular complexity index is 979. The van der Waals surface area contributed by atoms with Gasteiger partial charge in [0, 0.05) is 26.1 Å². The van der Waals surface area contributed by atoms with Gasteiger partial charge in [-0.25, -0.2) is 4.39 Å². The quantitative estimate of drug-likeness (QED) is 0.697. The van der Waals surface area contributed by atoms with Gasteiger partial charge in [0.25, 0.3) is 11.8 Å². The molecule has 3 fully saturated rings. The number of nitrogens with two attached hydrogens (primary N) is 1. The van der Waals surface area contributed by atoms with Crippen molar-refractivity contribution in [3.63, 3.8) is 0 Å². The summed E-state index contributed by atoms with van der Waals surface area (Å²) in [5.74, 6) is -2.14. The molecule has 0 bridgehead atoms. The number of imide groups is 2. The topological polar surface area (TPSA) is 113 Å². The number of fused-ring (bicyclic) bond motifs is 2. The van der Waals surface area contributed by atoms with Gasteiger partial charge in [-0.3, -0.25) is 34.3 Å². The van der Waals surface area contributed by atoms with Gasteiger partial charge in [0.15, 0.2) is 0 Å². The van der Waals surface area contributed by atoms with Crippen LogP contribution >= 0.6 is 0 Å². The molecule has 5 rings (SSSR count). The molecule has 9 heteroatoms. The minimum atomic E-state index is -1.43. The third kappa shape index (κ3) is 2.65. The molecule has 8 nitrogen and oxygen atoms in total. The zero-order valence-electron chi connectivity index (χ0n) is 16.4. The number of nitrogens with one attached hydrogen (secondary N) is 1. The van der Waals surface area contributed by atoms with Gasteiger partial charge in [0.2, 0.25) is 11.8 Å². The second kappa shape index (κ2) is 6.42. The average Bonchev–Trinajstić information content (AvgIpc) is 3.19. The summed E-state index contributed by atoms with van der Waals surface area (Å²) in [6.45, 7) is 0.897. The molecule has 0 spiro atoms. The molecular formula is C21H23FN4O4. The van der Waals surface area contributed by atoms with E-state index < -0.39 is 40.9 Å². The lowest BCUT2D eigenvalue weighted by atomic mass is 9.89. The number of benzene rings is 1. The molecule has 1 aliphatic carbocycles. The van der Waals surface area contributed by atoms with Crippen molar-refractivity contribution in [2.45, 2.75) is 55.9 Å². The van der Waals surface area contributed by atoms with E-state index in [4.69, 9.17) is 5.73 Å². The van der Waals surface area contributed by atoms with Crippen LogP contribution in [0.15, 0.2) is 18.2 Å². The number of alkyl halides is 1. The molecule has 3 heterocycles. The normalized spacial score (nSPS) is 33.8. The Hall–Kier alpha value is -2.65. The van der Waals surface area contributed by atoms with E-state index in [-0.39, 0.29) is 30.5 Å². The van der Waals surface area contributed by atoms with Crippen molar-refractivity contribution in [1.29, 1.82) is 0 Å². The summed E-state index contributed by atoms with van der Waals surface area (Å²) in [6.07, 6.45) is 2.02. The maximum Gasteiger partial charge on any atom is 0.262 e. The van der Waals surface area contributed by atoms with Gasteiger partial charge < -0.3 is 5.73 Å². The largest absolute Gasteiger partial charge is 0.321 e. The van der Waals surface area contributed by atoms with Gasteiger partial charge in [-0.1, -0.05) is 12.1 Å². The number of amides is 4. The highest BCUT2D eigenvalue weighted by Gasteiger charge is 2.59. The molecule has 4 aliphatic rings. The monoisotopic (exact) mass is 414 g/mol. The Balaban J connectivity index is 1.42. The highest BCUT2D eigenvalue weighted by Crippen LogP contribution is 2.46. The lowest BCUT2D eigenvalue weighted by Crippen LogP contribution is -2.54. The van der Waals surface area contributed by atoms with E-state index in [1.807, 2.05) is 4.90 Å². The van der Waals surface area contributed by atoms with Crippen molar-refractivity contribution in [3.05, 3.63) is 34.9 Å². The molecule has 4 amide bonds. The SMILES string of the molecule is N[C@]12CCC[C@@]1(F)CN(Cc1cccc3c1C(=O)N(C1CCC(=O)NC1=O)C3=O)C2. The highest BCUT2D eigenvalue weighted by molar-refractivity contribution is 6.24. The van der Waals surface area contributed by atoms with Gasteiger partial charge in [-0.2, -0.15) is 0 Å². The van der Waals surface area contributed by atoms with Crippen LogP contribution in [-0.2, 0) is 16.1 Å². The third-order valence-corrected chi connectivity index (χ3v) is 7.02. The van der Waals surface area contributed by atoms with Crippen LogP contribution in [0.2, 0.25) is 0 Å². The van der Waals surface area contributed by atoms with Crippen molar-refractivity contribution >= 4 is 23.6 Å².